The Bertz CT molecular complexity index is 2980. The molecule has 2 heteroatoms. The molecule has 2 aliphatic carbocycles. The molecule has 0 fully saturated rings. The van der Waals surface area contributed by atoms with E-state index in [0.717, 1.165) is 12.8 Å². The lowest BCUT2D eigenvalue weighted by molar-refractivity contribution is 0.660. The van der Waals surface area contributed by atoms with E-state index in [1.165, 1.54) is 104 Å². The minimum Gasteiger partial charge on any atom is -0.310 e. The van der Waals surface area contributed by atoms with Gasteiger partial charge >= 0.3 is 0 Å². The van der Waals surface area contributed by atoms with Gasteiger partial charge in [-0.15, -0.1) is 11.3 Å². The van der Waals surface area contributed by atoms with Crippen molar-refractivity contribution in [2.24, 2.45) is 0 Å². The van der Waals surface area contributed by atoms with Crippen LogP contribution in [0, 0.1) is 0 Å². The number of thiophene rings is 1. The topological polar surface area (TPSA) is 3.24 Å². The number of hydrogen-bond donors (Lipinski definition) is 0. The fourth-order valence-corrected chi connectivity index (χ4v) is 10.6. The van der Waals surface area contributed by atoms with Gasteiger partial charge in [-0.1, -0.05) is 147 Å². The first kappa shape index (κ1) is 32.2. The molecule has 0 atom stereocenters. The molecule has 55 heavy (non-hydrogen) atoms. The number of anilines is 3. The third-order valence-corrected chi connectivity index (χ3v) is 13.3. The van der Waals surface area contributed by atoms with Crippen LogP contribution in [-0.4, -0.2) is 0 Å². The lowest BCUT2D eigenvalue weighted by Crippen LogP contribution is -2.16. The Kier molecular flexibility index (Phi) is 7.27. The molecule has 0 spiro atoms. The Balaban J connectivity index is 1.14. The maximum atomic E-state index is 2.50. The van der Waals surface area contributed by atoms with Gasteiger partial charge in [-0.3, -0.25) is 0 Å². The van der Waals surface area contributed by atoms with Crippen molar-refractivity contribution in [3.8, 4) is 33.4 Å². The van der Waals surface area contributed by atoms with Crippen LogP contribution in [0.1, 0.15) is 47.2 Å². The van der Waals surface area contributed by atoms with E-state index in [1.807, 2.05) is 11.3 Å². The molecule has 0 saturated carbocycles. The highest BCUT2D eigenvalue weighted by Crippen LogP contribution is 2.51. The molecule has 9 aromatic rings. The Morgan fingerprint density at radius 3 is 1.56 bits per heavy atom. The number of fused-ring (bicyclic) bond motifs is 12. The number of nitrogens with zero attached hydrogens (tertiary/aromatic N) is 1. The lowest BCUT2D eigenvalue weighted by atomic mass is 9.82. The predicted octanol–water partition coefficient (Wildman–Crippen LogP) is 14.7. The van der Waals surface area contributed by atoms with Gasteiger partial charge in [0.25, 0.3) is 0 Å². The summed E-state index contributed by atoms with van der Waals surface area (Å²) in [7, 11) is 0. The zero-order valence-corrected chi connectivity index (χ0v) is 31.8. The molecular weight excluding hydrogens is 683 g/mol. The molecule has 0 aliphatic heterocycles. The molecule has 8 aromatic carbocycles. The Labute approximate surface area is 326 Å². The molecule has 0 saturated heterocycles. The van der Waals surface area contributed by atoms with Gasteiger partial charge in [-0.05, 0) is 122 Å². The van der Waals surface area contributed by atoms with Crippen LogP contribution < -0.4 is 4.90 Å². The average molecular weight is 722 g/mol. The molecule has 1 aromatic heterocycles. The van der Waals surface area contributed by atoms with Crippen LogP contribution in [0.15, 0.2) is 176 Å². The van der Waals surface area contributed by atoms with E-state index in [-0.39, 0.29) is 5.41 Å². The second kappa shape index (κ2) is 12.4. The van der Waals surface area contributed by atoms with Gasteiger partial charge in [-0.25, -0.2) is 0 Å². The molecule has 0 bridgehead atoms. The van der Waals surface area contributed by atoms with Crippen LogP contribution in [0.5, 0.6) is 0 Å². The first-order chi connectivity index (χ1) is 27.0. The van der Waals surface area contributed by atoms with E-state index in [2.05, 4.69) is 195 Å². The second-order valence-corrected chi connectivity index (χ2v) is 16.8. The third kappa shape index (κ3) is 5.13. The Hall–Kier alpha value is -6.22. The first-order valence-corrected chi connectivity index (χ1v) is 20.2. The second-order valence-electron chi connectivity index (χ2n) is 15.7. The van der Waals surface area contributed by atoms with Crippen molar-refractivity contribution in [1.82, 2.24) is 0 Å². The molecule has 0 unspecified atom stereocenters. The predicted molar refractivity (Wildman–Crippen MR) is 235 cm³/mol. The van der Waals surface area contributed by atoms with Gasteiger partial charge in [0.1, 0.15) is 0 Å². The summed E-state index contributed by atoms with van der Waals surface area (Å²) >= 11 is 1.88. The summed E-state index contributed by atoms with van der Waals surface area (Å²) < 4.78 is 2.63. The molecule has 1 heterocycles. The van der Waals surface area contributed by atoms with Crippen molar-refractivity contribution in [3.63, 3.8) is 0 Å². The fraction of sp³-hybridized carbons (Fsp3) is 0.0943. The van der Waals surface area contributed by atoms with Crippen LogP contribution in [0.4, 0.5) is 17.1 Å². The molecule has 0 radical (unpaired) electrons. The van der Waals surface area contributed by atoms with Gasteiger partial charge in [0, 0.05) is 42.6 Å². The minimum atomic E-state index is -0.102. The highest BCUT2D eigenvalue weighted by Gasteiger charge is 2.36. The van der Waals surface area contributed by atoms with Gasteiger partial charge in [0.15, 0.2) is 0 Å². The van der Waals surface area contributed by atoms with Crippen molar-refractivity contribution in [3.05, 3.63) is 209 Å². The van der Waals surface area contributed by atoms with E-state index >= 15 is 0 Å². The van der Waals surface area contributed by atoms with Gasteiger partial charge in [0.2, 0.25) is 0 Å². The monoisotopic (exact) mass is 721 g/mol. The largest absolute Gasteiger partial charge is 0.310 e. The van der Waals surface area contributed by atoms with Gasteiger partial charge in [0.05, 0.1) is 0 Å². The van der Waals surface area contributed by atoms with Crippen LogP contribution in [0.25, 0.3) is 53.6 Å². The number of rotatable bonds is 3. The van der Waals surface area contributed by atoms with E-state index in [1.54, 1.807) is 0 Å². The third-order valence-electron chi connectivity index (χ3n) is 12.2. The molecule has 2 aliphatic rings. The molecule has 11 rings (SSSR count). The Morgan fingerprint density at radius 2 is 0.855 bits per heavy atom. The smallest absolute Gasteiger partial charge is 0.0476 e. The first-order valence-electron chi connectivity index (χ1n) is 19.3. The van der Waals surface area contributed by atoms with Crippen molar-refractivity contribution >= 4 is 48.6 Å². The van der Waals surface area contributed by atoms with Crippen molar-refractivity contribution in [1.29, 1.82) is 0 Å². The quantitative estimate of drug-likeness (QED) is 0.176. The summed E-state index contributed by atoms with van der Waals surface area (Å²) in [4.78, 5) is 2.50. The van der Waals surface area contributed by atoms with Gasteiger partial charge < -0.3 is 4.90 Å². The minimum absolute atomic E-state index is 0.102. The van der Waals surface area contributed by atoms with E-state index in [9.17, 15) is 0 Å². The summed E-state index contributed by atoms with van der Waals surface area (Å²) in [6, 6.07) is 66.1. The summed E-state index contributed by atoms with van der Waals surface area (Å²) in [5.41, 5.74) is 19.5. The highest BCUT2D eigenvalue weighted by molar-refractivity contribution is 7.25. The molecule has 0 N–H and O–H groups in total. The van der Waals surface area contributed by atoms with Crippen LogP contribution in [0.3, 0.4) is 0 Å². The van der Waals surface area contributed by atoms with Crippen LogP contribution in [-0.2, 0) is 18.3 Å². The normalized spacial score (nSPS) is 13.6. The lowest BCUT2D eigenvalue weighted by Gasteiger charge is -2.29. The van der Waals surface area contributed by atoms with Crippen LogP contribution in [0.2, 0.25) is 0 Å². The fourth-order valence-electron chi connectivity index (χ4n) is 9.48. The number of hydrogen-bond acceptors (Lipinski definition) is 2. The molecule has 0 amide bonds. The summed E-state index contributed by atoms with van der Waals surface area (Å²) in [5, 5.41) is 2.64. The maximum absolute atomic E-state index is 2.50. The van der Waals surface area contributed by atoms with E-state index < -0.39 is 0 Å². The number of benzene rings is 8. The van der Waals surface area contributed by atoms with Crippen molar-refractivity contribution in [2.45, 2.75) is 32.1 Å². The zero-order valence-electron chi connectivity index (χ0n) is 31.0. The van der Waals surface area contributed by atoms with E-state index in [4.69, 9.17) is 0 Å². The Morgan fingerprint density at radius 1 is 0.382 bits per heavy atom. The molecule has 262 valence electrons. The van der Waals surface area contributed by atoms with Crippen molar-refractivity contribution < 1.29 is 0 Å². The van der Waals surface area contributed by atoms with E-state index in [0.29, 0.717) is 0 Å². The standard InChI is InChI=1S/C53H39NS/c1-53(2)49-21-11-9-19-45(49)46-27-24-39(32-50(46)53)54(40-25-28-48-47-20-10-12-22-51(47)55-52(48)33-40)38-23-26-44-37(31-38)30-36-15-5-7-17-42(36)41-16-6-3-13-34(41)29-35-14-4-8-18-43(35)44/h3-28,31-33H,29-30H2,1-2H3. The maximum Gasteiger partial charge on any atom is 0.0476 e. The van der Waals surface area contributed by atoms with Crippen molar-refractivity contribution in [2.75, 3.05) is 4.90 Å². The SMILES string of the molecule is CC1(C)c2ccccc2-c2ccc(N(c3ccc4c(c3)Cc3ccccc3-c3ccccc3Cc3ccccc3-4)c3ccc4c(c3)sc3ccccc34)cc21. The van der Waals surface area contributed by atoms with Gasteiger partial charge in [-0.2, -0.15) is 0 Å². The summed E-state index contributed by atoms with van der Waals surface area (Å²) in [6.45, 7) is 4.75. The summed E-state index contributed by atoms with van der Waals surface area (Å²) in [6.07, 6.45) is 1.72. The zero-order chi connectivity index (χ0) is 36.7. The summed E-state index contributed by atoms with van der Waals surface area (Å²) in [5.74, 6) is 0. The average Bonchev–Trinajstić information content (AvgIpc) is 3.70. The molecule has 1 nitrogen and oxygen atoms in total. The molecular formula is C53H39NS. The van der Waals surface area contributed by atoms with Crippen LogP contribution >= 0.6 is 11.3 Å². The highest BCUT2D eigenvalue weighted by atomic mass is 32.1.